The van der Waals surface area contributed by atoms with Gasteiger partial charge in [-0.25, -0.2) is 4.39 Å². The Hall–Kier alpha value is -1.09. The Bertz CT molecular complexity index is 454. The fourth-order valence-corrected chi connectivity index (χ4v) is 2.60. The second-order valence-electron chi connectivity index (χ2n) is 5.86. The average molecular weight is 264 g/mol. The van der Waals surface area contributed by atoms with Crippen molar-refractivity contribution >= 4 is 5.69 Å². The van der Waals surface area contributed by atoms with Gasteiger partial charge in [-0.3, -0.25) is 0 Å². The minimum Gasteiger partial charge on any atom is -0.371 e. The van der Waals surface area contributed by atoms with Gasteiger partial charge in [0.2, 0.25) is 0 Å². The van der Waals surface area contributed by atoms with Gasteiger partial charge in [0, 0.05) is 24.8 Å². The molecule has 0 aromatic heterocycles. The van der Waals surface area contributed by atoms with E-state index in [1.807, 2.05) is 20.0 Å². The van der Waals surface area contributed by atoms with Crippen LogP contribution >= 0.6 is 0 Å². The third kappa shape index (κ3) is 2.92. The van der Waals surface area contributed by atoms with Crippen LogP contribution in [0, 0.1) is 18.7 Å². The number of hydrogen-bond donors (Lipinski definition) is 1. The molecule has 2 rings (SSSR count). The van der Waals surface area contributed by atoms with Gasteiger partial charge in [0.15, 0.2) is 0 Å². The van der Waals surface area contributed by atoms with Crippen LogP contribution in [-0.2, 0) is 0 Å². The Morgan fingerprint density at radius 3 is 2.47 bits per heavy atom. The Morgan fingerprint density at radius 1 is 1.32 bits per heavy atom. The minimum atomic E-state index is -0.117. The van der Waals surface area contributed by atoms with Gasteiger partial charge >= 0.3 is 0 Å². The average Bonchev–Trinajstić information content (AvgIpc) is 3.23. The third-order valence-corrected chi connectivity index (χ3v) is 4.50. The van der Waals surface area contributed by atoms with Crippen LogP contribution in [0.3, 0.4) is 0 Å². The highest BCUT2D eigenvalue weighted by atomic mass is 19.1. The first kappa shape index (κ1) is 14.3. The zero-order valence-corrected chi connectivity index (χ0v) is 12.6. The molecule has 2 unspecified atom stereocenters. The number of nitrogens with zero attached hydrogens (tertiary/aromatic N) is 1. The molecule has 19 heavy (non-hydrogen) atoms. The number of anilines is 1. The first-order valence-corrected chi connectivity index (χ1v) is 7.15. The van der Waals surface area contributed by atoms with E-state index in [-0.39, 0.29) is 11.9 Å². The molecular weight excluding hydrogens is 239 g/mol. The summed E-state index contributed by atoms with van der Waals surface area (Å²) in [7, 11) is 4.04. The molecule has 106 valence electrons. The smallest absolute Gasteiger partial charge is 0.126 e. The van der Waals surface area contributed by atoms with Gasteiger partial charge in [0.25, 0.3) is 0 Å². The van der Waals surface area contributed by atoms with Crippen molar-refractivity contribution in [2.75, 3.05) is 19.0 Å². The Morgan fingerprint density at radius 2 is 1.95 bits per heavy atom. The van der Waals surface area contributed by atoms with Crippen LogP contribution in [0.5, 0.6) is 0 Å². The summed E-state index contributed by atoms with van der Waals surface area (Å²) in [6, 6.07) is 4.34. The van der Waals surface area contributed by atoms with E-state index in [2.05, 4.69) is 31.1 Å². The summed E-state index contributed by atoms with van der Waals surface area (Å²) in [6.45, 7) is 6.18. The molecule has 0 bridgehead atoms. The number of hydrogen-bond acceptors (Lipinski definition) is 2. The maximum absolute atomic E-state index is 13.8. The molecule has 1 aliphatic rings. The second-order valence-corrected chi connectivity index (χ2v) is 5.86. The molecule has 2 atom stereocenters. The van der Waals surface area contributed by atoms with Crippen LogP contribution in [0.2, 0.25) is 0 Å². The van der Waals surface area contributed by atoms with E-state index >= 15 is 0 Å². The SMILES string of the molecule is CNC(C)c1cc(F)c(C)cc1N(C)C(C)C1CC1. The molecule has 1 aliphatic carbocycles. The lowest BCUT2D eigenvalue weighted by molar-refractivity contribution is 0.582. The van der Waals surface area contributed by atoms with Crippen molar-refractivity contribution in [3.63, 3.8) is 0 Å². The molecule has 0 spiro atoms. The first-order chi connectivity index (χ1) is 8.95. The lowest BCUT2D eigenvalue weighted by atomic mass is 10.0. The molecule has 0 radical (unpaired) electrons. The quantitative estimate of drug-likeness (QED) is 0.873. The molecule has 1 aromatic rings. The molecule has 0 aliphatic heterocycles. The number of benzene rings is 1. The van der Waals surface area contributed by atoms with Gasteiger partial charge in [0.1, 0.15) is 5.82 Å². The Balaban J connectivity index is 2.38. The van der Waals surface area contributed by atoms with Crippen LogP contribution in [-0.4, -0.2) is 20.1 Å². The molecule has 2 nitrogen and oxygen atoms in total. The summed E-state index contributed by atoms with van der Waals surface area (Å²) in [5, 5.41) is 3.21. The summed E-state index contributed by atoms with van der Waals surface area (Å²) in [4.78, 5) is 2.31. The van der Waals surface area contributed by atoms with E-state index in [0.29, 0.717) is 6.04 Å². The van der Waals surface area contributed by atoms with Crippen LogP contribution in [0.15, 0.2) is 12.1 Å². The van der Waals surface area contributed by atoms with Gasteiger partial charge in [-0.1, -0.05) is 0 Å². The van der Waals surface area contributed by atoms with E-state index in [1.165, 1.54) is 12.8 Å². The van der Waals surface area contributed by atoms with Crippen LogP contribution in [0.4, 0.5) is 10.1 Å². The Kier molecular flexibility index (Phi) is 4.14. The van der Waals surface area contributed by atoms with Crippen LogP contribution < -0.4 is 10.2 Å². The number of aryl methyl sites for hydroxylation is 1. The van der Waals surface area contributed by atoms with Crippen molar-refractivity contribution in [2.45, 2.75) is 45.7 Å². The fourth-order valence-electron chi connectivity index (χ4n) is 2.60. The lowest BCUT2D eigenvalue weighted by Crippen LogP contribution is -2.32. The zero-order valence-electron chi connectivity index (χ0n) is 12.6. The summed E-state index contributed by atoms with van der Waals surface area (Å²) < 4.78 is 13.8. The number of halogens is 1. The van der Waals surface area contributed by atoms with Crippen LogP contribution in [0.25, 0.3) is 0 Å². The molecular formula is C16H25FN2. The van der Waals surface area contributed by atoms with Crippen LogP contribution in [0.1, 0.15) is 43.9 Å². The van der Waals surface area contributed by atoms with E-state index in [4.69, 9.17) is 0 Å². The summed E-state index contributed by atoms with van der Waals surface area (Å²) >= 11 is 0. The van der Waals surface area contributed by atoms with Gasteiger partial charge in [-0.15, -0.1) is 0 Å². The molecule has 1 saturated carbocycles. The summed E-state index contributed by atoms with van der Waals surface area (Å²) in [5.74, 6) is 0.682. The van der Waals surface area contributed by atoms with Gasteiger partial charge in [0.05, 0.1) is 0 Å². The second kappa shape index (κ2) is 5.49. The molecule has 0 amide bonds. The highest BCUT2D eigenvalue weighted by Gasteiger charge is 2.31. The minimum absolute atomic E-state index is 0.117. The lowest BCUT2D eigenvalue weighted by Gasteiger charge is -2.31. The fraction of sp³-hybridized carbons (Fsp3) is 0.625. The molecule has 1 N–H and O–H groups in total. The van der Waals surface area contributed by atoms with E-state index < -0.39 is 0 Å². The van der Waals surface area contributed by atoms with Crippen molar-refractivity contribution in [1.29, 1.82) is 0 Å². The van der Waals surface area contributed by atoms with Crippen molar-refractivity contribution in [3.8, 4) is 0 Å². The first-order valence-electron chi connectivity index (χ1n) is 7.15. The molecule has 0 heterocycles. The van der Waals surface area contributed by atoms with Gasteiger partial charge in [-0.2, -0.15) is 0 Å². The van der Waals surface area contributed by atoms with Crippen molar-refractivity contribution < 1.29 is 4.39 Å². The third-order valence-electron chi connectivity index (χ3n) is 4.50. The molecule has 1 aromatic carbocycles. The number of rotatable bonds is 5. The maximum atomic E-state index is 13.8. The molecule has 0 saturated heterocycles. The van der Waals surface area contributed by atoms with E-state index in [1.54, 1.807) is 6.07 Å². The van der Waals surface area contributed by atoms with Crippen molar-refractivity contribution in [1.82, 2.24) is 5.32 Å². The predicted molar refractivity (Wildman–Crippen MR) is 79.2 cm³/mol. The molecule has 3 heteroatoms. The largest absolute Gasteiger partial charge is 0.371 e. The van der Waals surface area contributed by atoms with Gasteiger partial charge < -0.3 is 10.2 Å². The topological polar surface area (TPSA) is 15.3 Å². The predicted octanol–water partition coefficient (Wildman–Crippen LogP) is 3.65. The highest BCUT2D eigenvalue weighted by Crippen LogP contribution is 2.38. The van der Waals surface area contributed by atoms with E-state index in [9.17, 15) is 4.39 Å². The maximum Gasteiger partial charge on any atom is 0.126 e. The normalized spacial score (nSPS) is 18.2. The highest BCUT2D eigenvalue weighted by molar-refractivity contribution is 5.57. The standard InChI is InChI=1S/C16H25FN2/c1-10-8-16(19(5)12(3)13-6-7-13)14(9-15(10)17)11(2)18-4/h8-9,11-13,18H,6-7H2,1-5H3. The van der Waals surface area contributed by atoms with Crippen molar-refractivity contribution in [3.05, 3.63) is 29.1 Å². The molecule has 1 fully saturated rings. The zero-order chi connectivity index (χ0) is 14.2. The summed E-state index contributed by atoms with van der Waals surface area (Å²) in [5.41, 5.74) is 2.91. The van der Waals surface area contributed by atoms with Crippen molar-refractivity contribution in [2.24, 2.45) is 5.92 Å². The Labute approximate surface area is 116 Å². The number of nitrogens with one attached hydrogen (secondary N) is 1. The monoisotopic (exact) mass is 264 g/mol. The summed E-state index contributed by atoms with van der Waals surface area (Å²) in [6.07, 6.45) is 2.64. The van der Waals surface area contributed by atoms with E-state index in [0.717, 1.165) is 22.7 Å². The van der Waals surface area contributed by atoms with Gasteiger partial charge in [-0.05, 0) is 69.8 Å².